The van der Waals surface area contributed by atoms with E-state index in [0.717, 1.165) is 25.7 Å². The summed E-state index contributed by atoms with van der Waals surface area (Å²) >= 11 is 0. The minimum Gasteiger partial charge on any atom is -0.297 e. The zero-order chi connectivity index (χ0) is 13.9. The molecule has 100 valence electrons. The molecule has 0 aromatic heterocycles. The number of nitrogens with zero attached hydrogens (tertiary/aromatic N) is 1. The molecule has 0 aliphatic heterocycles. The maximum absolute atomic E-state index is 12.4. The lowest BCUT2D eigenvalue weighted by Crippen LogP contribution is -2.31. The zero-order valence-corrected chi connectivity index (χ0v) is 11.8. The highest BCUT2D eigenvalue weighted by atomic mass is 16.1. The molecule has 1 unspecified atom stereocenters. The number of rotatable bonds is 4. The van der Waals surface area contributed by atoms with Crippen molar-refractivity contribution in [2.45, 2.75) is 46.0 Å². The Labute approximate surface area is 115 Å². The third-order valence-electron chi connectivity index (χ3n) is 4.35. The first-order chi connectivity index (χ1) is 9.00. The molecule has 2 rings (SSSR count). The Morgan fingerprint density at radius 3 is 2.42 bits per heavy atom. The van der Waals surface area contributed by atoms with Crippen molar-refractivity contribution < 1.29 is 4.79 Å². The molecule has 2 heteroatoms. The molecule has 1 atom stereocenters. The molecular weight excluding hydrogens is 234 g/mol. The number of nitriles is 1. The minimum absolute atomic E-state index is 0.149. The van der Waals surface area contributed by atoms with Crippen molar-refractivity contribution >= 4 is 5.78 Å². The van der Waals surface area contributed by atoms with E-state index in [1.165, 1.54) is 5.56 Å². The topological polar surface area (TPSA) is 40.9 Å². The second-order valence-electron chi connectivity index (χ2n) is 6.25. The van der Waals surface area contributed by atoms with Gasteiger partial charge >= 0.3 is 0 Å². The first-order valence-corrected chi connectivity index (χ1v) is 7.00. The standard InChI is InChI=1S/C17H21NO/c1-16(2)11-12-17(13-18,15(16)19)10-6-9-14-7-4-3-5-8-14/h3-5,7-8H,6,9-12H2,1-2H3. The van der Waals surface area contributed by atoms with Crippen molar-refractivity contribution in [3.05, 3.63) is 35.9 Å². The van der Waals surface area contributed by atoms with Crippen molar-refractivity contribution in [1.82, 2.24) is 0 Å². The van der Waals surface area contributed by atoms with Crippen LogP contribution >= 0.6 is 0 Å². The van der Waals surface area contributed by atoms with Crippen LogP contribution in [0.25, 0.3) is 0 Å². The fourth-order valence-corrected chi connectivity index (χ4v) is 3.04. The van der Waals surface area contributed by atoms with Gasteiger partial charge in [-0.25, -0.2) is 0 Å². The first kappa shape index (κ1) is 13.8. The molecule has 1 aromatic carbocycles. The highest BCUT2D eigenvalue weighted by Gasteiger charge is 2.51. The quantitative estimate of drug-likeness (QED) is 0.818. The summed E-state index contributed by atoms with van der Waals surface area (Å²) in [7, 11) is 0. The fourth-order valence-electron chi connectivity index (χ4n) is 3.04. The normalized spacial score (nSPS) is 25.2. The second-order valence-corrected chi connectivity index (χ2v) is 6.25. The monoisotopic (exact) mass is 255 g/mol. The molecule has 0 spiro atoms. The molecular formula is C17H21NO. The van der Waals surface area contributed by atoms with E-state index in [9.17, 15) is 10.1 Å². The SMILES string of the molecule is CC1(C)CCC(C#N)(CCCc2ccccc2)C1=O. The molecule has 0 amide bonds. The van der Waals surface area contributed by atoms with Crippen molar-refractivity contribution in [3.8, 4) is 6.07 Å². The summed E-state index contributed by atoms with van der Waals surface area (Å²) < 4.78 is 0. The van der Waals surface area contributed by atoms with E-state index in [1.54, 1.807) is 0 Å². The first-order valence-electron chi connectivity index (χ1n) is 7.00. The smallest absolute Gasteiger partial charge is 0.158 e. The highest BCUT2D eigenvalue weighted by Crippen LogP contribution is 2.48. The summed E-state index contributed by atoms with van der Waals surface area (Å²) in [5, 5.41) is 9.45. The largest absolute Gasteiger partial charge is 0.297 e. The number of hydrogen-bond donors (Lipinski definition) is 0. The maximum Gasteiger partial charge on any atom is 0.158 e. The lowest BCUT2D eigenvalue weighted by molar-refractivity contribution is -0.130. The number of benzene rings is 1. The molecule has 1 fully saturated rings. The van der Waals surface area contributed by atoms with Gasteiger partial charge in [0.1, 0.15) is 5.41 Å². The number of carbonyl (C=O) groups is 1. The summed E-state index contributed by atoms with van der Waals surface area (Å²) in [6.07, 6.45) is 4.10. The van der Waals surface area contributed by atoms with Gasteiger partial charge in [-0.2, -0.15) is 5.26 Å². The van der Waals surface area contributed by atoms with Gasteiger partial charge in [0.2, 0.25) is 0 Å². The van der Waals surface area contributed by atoms with E-state index < -0.39 is 5.41 Å². The van der Waals surface area contributed by atoms with Gasteiger partial charge in [0.05, 0.1) is 6.07 Å². The van der Waals surface area contributed by atoms with Crippen LogP contribution in [0, 0.1) is 22.2 Å². The maximum atomic E-state index is 12.4. The van der Waals surface area contributed by atoms with Gasteiger partial charge < -0.3 is 0 Å². The minimum atomic E-state index is -0.724. The molecule has 1 aromatic rings. The molecule has 2 nitrogen and oxygen atoms in total. The van der Waals surface area contributed by atoms with Crippen molar-refractivity contribution in [2.24, 2.45) is 10.8 Å². The van der Waals surface area contributed by atoms with Crippen LogP contribution < -0.4 is 0 Å². The Morgan fingerprint density at radius 1 is 1.21 bits per heavy atom. The van der Waals surface area contributed by atoms with Gasteiger partial charge in [0.25, 0.3) is 0 Å². The Morgan fingerprint density at radius 2 is 1.89 bits per heavy atom. The van der Waals surface area contributed by atoms with Gasteiger partial charge in [-0.1, -0.05) is 44.2 Å². The summed E-state index contributed by atoms with van der Waals surface area (Å²) in [6.45, 7) is 3.93. The van der Waals surface area contributed by atoms with Gasteiger partial charge in [-0.15, -0.1) is 0 Å². The lowest BCUT2D eigenvalue weighted by atomic mass is 9.77. The van der Waals surface area contributed by atoms with Gasteiger partial charge in [0.15, 0.2) is 5.78 Å². The molecule has 0 saturated heterocycles. The van der Waals surface area contributed by atoms with Crippen molar-refractivity contribution in [1.29, 1.82) is 5.26 Å². The van der Waals surface area contributed by atoms with Crippen LogP contribution in [-0.2, 0) is 11.2 Å². The summed E-state index contributed by atoms with van der Waals surface area (Å²) in [5.74, 6) is 0.149. The highest BCUT2D eigenvalue weighted by molar-refractivity contribution is 5.94. The third-order valence-corrected chi connectivity index (χ3v) is 4.35. The third kappa shape index (κ3) is 2.71. The Kier molecular flexibility index (Phi) is 3.75. The van der Waals surface area contributed by atoms with E-state index in [0.29, 0.717) is 6.42 Å². The Hall–Kier alpha value is -1.62. The van der Waals surface area contributed by atoms with Crippen LogP contribution in [0.5, 0.6) is 0 Å². The lowest BCUT2D eigenvalue weighted by Gasteiger charge is -2.22. The summed E-state index contributed by atoms with van der Waals surface area (Å²) in [4.78, 5) is 12.4. The summed E-state index contributed by atoms with van der Waals surface area (Å²) in [6, 6.07) is 12.6. The Bertz CT molecular complexity index is 498. The molecule has 0 heterocycles. The van der Waals surface area contributed by atoms with Crippen molar-refractivity contribution in [3.63, 3.8) is 0 Å². The van der Waals surface area contributed by atoms with E-state index in [-0.39, 0.29) is 11.2 Å². The number of aryl methyl sites for hydroxylation is 1. The number of carbonyl (C=O) groups excluding carboxylic acids is 1. The van der Waals surface area contributed by atoms with Crippen LogP contribution in [0.3, 0.4) is 0 Å². The van der Waals surface area contributed by atoms with Gasteiger partial charge in [-0.3, -0.25) is 4.79 Å². The molecule has 1 aliphatic carbocycles. The van der Waals surface area contributed by atoms with E-state index in [4.69, 9.17) is 0 Å². The van der Waals surface area contributed by atoms with Crippen LogP contribution in [0.2, 0.25) is 0 Å². The molecule has 19 heavy (non-hydrogen) atoms. The van der Waals surface area contributed by atoms with Crippen molar-refractivity contribution in [2.75, 3.05) is 0 Å². The van der Waals surface area contributed by atoms with Crippen LogP contribution in [0.15, 0.2) is 30.3 Å². The number of Topliss-reactive ketones (excluding diaryl/α,β-unsaturated/α-hetero) is 1. The van der Waals surface area contributed by atoms with Crippen LogP contribution in [-0.4, -0.2) is 5.78 Å². The molecule has 0 bridgehead atoms. The number of hydrogen-bond acceptors (Lipinski definition) is 2. The molecule has 0 radical (unpaired) electrons. The predicted octanol–water partition coefficient (Wildman–Crippen LogP) is 3.91. The number of ketones is 1. The molecule has 0 N–H and O–H groups in total. The Balaban J connectivity index is 1.98. The second kappa shape index (κ2) is 5.17. The average molecular weight is 255 g/mol. The predicted molar refractivity (Wildman–Crippen MR) is 75.4 cm³/mol. The van der Waals surface area contributed by atoms with Gasteiger partial charge in [-0.05, 0) is 37.7 Å². The van der Waals surface area contributed by atoms with Crippen LogP contribution in [0.4, 0.5) is 0 Å². The van der Waals surface area contributed by atoms with E-state index in [1.807, 2.05) is 32.0 Å². The summed E-state index contributed by atoms with van der Waals surface area (Å²) in [5.41, 5.74) is 0.237. The molecule has 1 aliphatic rings. The van der Waals surface area contributed by atoms with E-state index in [2.05, 4.69) is 18.2 Å². The van der Waals surface area contributed by atoms with Gasteiger partial charge in [0, 0.05) is 5.41 Å². The fraction of sp³-hybridized carbons (Fsp3) is 0.529. The van der Waals surface area contributed by atoms with E-state index >= 15 is 0 Å². The molecule has 1 saturated carbocycles. The average Bonchev–Trinajstić information content (AvgIpc) is 2.65. The van der Waals surface area contributed by atoms with Crippen LogP contribution in [0.1, 0.15) is 45.1 Å². The zero-order valence-electron chi connectivity index (χ0n) is 11.8.